The van der Waals surface area contributed by atoms with Gasteiger partial charge in [0.25, 0.3) is 5.69 Å². The molecule has 2 aromatic carbocycles. The molecule has 2 amide bonds. The van der Waals surface area contributed by atoms with E-state index in [1.54, 1.807) is 6.07 Å². The molecule has 0 aliphatic heterocycles. The number of amides is 2. The van der Waals surface area contributed by atoms with Gasteiger partial charge in [-0.25, -0.2) is 15.2 Å². The zero-order valence-corrected chi connectivity index (χ0v) is 14.9. The summed E-state index contributed by atoms with van der Waals surface area (Å²) in [6, 6.07) is 11.2. The normalized spacial score (nSPS) is 10.9. The van der Waals surface area contributed by atoms with Crippen LogP contribution in [0.2, 0.25) is 0 Å². The fraction of sp³-hybridized carbons (Fsp3) is 0. The van der Waals surface area contributed by atoms with Crippen LogP contribution in [-0.4, -0.2) is 22.2 Å². The number of hydrogen-bond acceptors (Lipinski definition) is 6. The van der Waals surface area contributed by atoms with Crippen LogP contribution < -0.4 is 10.7 Å². The second kappa shape index (κ2) is 7.36. The Labute approximate surface area is 153 Å². The van der Waals surface area contributed by atoms with Crippen molar-refractivity contribution in [1.82, 2.24) is 10.4 Å². The lowest BCUT2D eigenvalue weighted by Gasteiger charge is -1.99. The number of rotatable bonds is 4. The molecule has 0 atom stereocenters. The first-order valence-corrected chi connectivity index (χ1v) is 8.53. The Kier molecular flexibility index (Phi) is 5.00. The third-order valence-corrected chi connectivity index (χ3v) is 4.52. The van der Waals surface area contributed by atoms with E-state index in [1.165, 1.54) is 18.3 Å². The van der Waals surface area contributed by atoms with Gasteiger partial charge >= 0.3 is 6.03 Å². The number of non-ortho nitro benzene ring substituents is 1. The number of hydrogen-bond donors (Lipinski definition) is 2. The van der Waals surface area contributed by atoms with Crippen molar-refractivity contribution in [3.63, 3.8) is 0 Å². The summed E-state index contributed by atoms with van der Waals surface area (Å²) in [5.74, 6) is 0. The molecule has 3 aromatic rings. The maximum Gasteiger partial charge on any atom is 0.341 e. The van der Waals surface area contributed by atoms with Crippen molar-refractivity contribution in [3.05, 3.63) is 62.6 Å². The molecular weight excluding hydrogens is 410 g/mol. The molecule has 0 spiro atoms. The molecular formula is C15H10BrN5O3S. The summed E-state index contributed by atoms with van der Waals surface area (Å²) >= 11 is 4.48. The molecule has 0 saturated heterocycles. The van der Waals surface area contributed by atoms with E-state index in [4.69, 9.17) is 0 Å². The van der Waals surface area contributed by atoms with Crippen molar-refractivity contribution < 1.29 is 9.72 Å². The summed E-state index contributed by atoms with van der Waals surface area (Å²) in [6.45, 7) is 0. The van der Waals surface area contributed by atoms with E-state index in [2.05, 4.69) is 36.8 Å². The highest BCUT2D eigenvalue weighted by molar-refractivity contribution is 9.10. The van der Waals surface area contributed by atoms with E-state index in [1.807, 2.05) is 24.3 Å². The van der Waals surface area contributed by atoms with E-state index in [0.29, 0.717) is 15.3 Å². The minimum atomic E-state index is -0.554. The molecule has 2 N–H and O–H groups in total. The number of nitrogens with one attached hydrogen (secondary N) is 2. The third-order valence-electron chi connectivity index (χ3n) is 3.05. The predicted molar refractivity (Wildman–Crippen MR) is 100 cm³/mol. The summed E-state index contributed by atoms with van der Waals surface area (Å²) in [5.41, 5.74) is 3.72. The number of fused-ring (bicyclic) bond motifs is 1. The number of nitro benzene ring substituents is 1. The highest BCUT2D eigenvalue weighted by Crippen LogP contribution is 2.28. The SMILES string of the molecule is O=C(N/N=C/c1ccc(Br)cc1)Nc1nc2ccc([N+](=O)[O-])cc2s1. The average molecular weight is 420 g/mol. The van der Waals surface area contributed by atoms with Crippen LogP contribution in [0.1, 0.15) is 5.56 Å². The van der Waals surface area contributed by atoms with Gasteiger partial charge < -0.3 is 0 Å². The molecule has 0 bridgehead atoms. The van der Waals surface area contributed by atoms with Crippen LogP contribution in [0.15, 0.2) is 52.0 Å². The van der Waals surface area contributed by atoms with Gasteiger partial charge in [0, 0.05) is 16.6 Å². The van der Waals surface area contributed by atoms with E-state index < -0.39 is 11.0 Å². The van der Waals surface area contributed by atoms with Crippen molar-refractivity contribution in [2.75, 3.05) is 5.32 Å². The molecule has 8 nitrogen and oxygen atoms in total. The fourth-order valence-corrected chi connectivity index (χ4v) is 3.08. The molecule has 0 saturated carbocycles. The lowest BCUT2D eigenvalue weighted by atomic mass is 10.2. The average Bonchev–Trinajstić information content (AvgIpc) is 2.97. The van der Waals surface area contributed by atoms with Crippen molar-refractivity contribution in [2.24, 2.45) is 5.10 Å². The molecule has 10 heteroatoms. The molecule has 0 unspecified atom stereocenters. The Bertz CT molecular complexity index is 971. The number of anilines is 1. The van der Waals surface area contributed by atoms with E-state index >= 15 is 0 Å². The lowest BCUT2D eigenvalue weighted by Crippen LogP contribution is -2.24. The number of nitrogens with zero attached hydrogens (tertiary/aromatic N) is 3. The van der Waals surface area contributed by atoms with Crippen LogP contribution in [0.5, 0.6) is 0 Å². The molecule has 3 rings (SSSR count). The van der Waals surface area contributed by atoms with E-state index in [9.17, 15) is 14.9 Å². The van der Waals surface area contributed by atoms with Crippen LogP contribution in [0.4, 0.5) is 15.6 Å². The Morgan fingerprint density at radius 2 is 2.04 bits per heavy atom. The van der Waals surface area contributed by atoms with Crippen LogP contribution in [0.25, 0.3) is 10.2 Å². The van der Waals surface area contributed by atoms with Gasteiger partial charge in [0.15, 0.2) is 5.13 Å². The molecule has 25 heavy (non-hydrogen) atoms. The first-order chi connectivity index (χ1) is 12.0. The highest BCUT2D eigenvalue weighted by Gasteiger charge is 2.11. The first kappa shape index (κ1) is 17.0. The predicted octanol–water partition coefficient (Wildman–Crippen LogP) is 4.12. The number of carbonyl (C=O) groups excluding carboxylic acids is 1. The zero-order valence-electron chi connectivity index (χ0n) is 12.5. The number of benzene rings is 2. The largest absolute Gasteiger partial charge is 0.341 e. The molecule has 0 aliphatic carbocycles. The molecule has 0 fully saturated rings. The van der Waals surface area contributed by atoms with Gasteiger partial charge in [-0.2, -0.15) is 5.10 Å². The van der Waals surface area contributed by atoms with Crippen LogP contribution in [0.3, 0.4) is 0 Å². The second-order valence-corrected chi connectivity index (χ2v) is 6.75. The number of hydrazone groups is 1. The molecule has 1 heterocycles. The molecule has 1 aromatic heterocycles. The summed E-state index contributed by atoms with van der Waals surface area (Å²) in [7, 11) is 0. The summed E-state index contributed by atoms with van der Waals surface area (Å²) < 4.78 is 1.56. The Hall–Kier alpha value is -2.85. The Morgan fingerprint density at radius 3 is 2.76 bits per heavy atom. The first-order valence-electron chi connectivity index (χ1n) is 6.92. The van der Waals surface area contributed by atoms with Crippen molar-refractivity contribution in [3.8, 4) is 0 Å². The molecule has 126 valence electrons. The third kappa shape index (κ3) is 4.37. The van der Waals surface area contributed by atoms with Crippen molar-refractivity contribution >= 4 is 60.5 Å². The van der Waals surface area contributed by atoms with E-state index in [0.717, 1.165) is 21.4 Å². The van der Waals surface area contributed by atoms with Crippen LogP contribution in [-0.2, 0) is 0 Å². The monoisotopic (exact) mass is 419 g/mol. The molecule has 0 aliphatic rings. The Morgan fingerprint density at radius 1 is 1.28 bits per heavy atom. The van der Waals surface area contributed by atoms with E-state index in [-0.39, 0.29) is 5.69 Å². The van der Waals surface area contributed by atoms with Crippen molar-refractivity contribution in [2.45, 2.75) is 0 Å². The van der Waals surface area contributed by atoms with Crippen LogP contribution in [0, 0.1) is 10.1 Å². The fourth-order valence-electron chi connectivity index (χ4n) is 1.92. The number of nitro groups is 1. The topological polar surface area (TPSA) is 110 Å². The number of carbonyl (C=O) groups is 1. The standard InChI is InChI=1S/C15H10BrN5O3S/c16-10-3-1-9(2-4-10)8-17-20-14(22)19-15-18-12-6-5-11(21(23)24)7-13(12)25-15/h1-8H,(H2,18,19,20,22)/b17-8+. The van der Waals surface area contributed by atoms with Gasteiger partial charge in [0.2, 0.25) is 0 Å². The van der Waals surface area contributed by atoms with Crippen LogP contribution >= 0.6 is 27.3 Å². The maximum absolute atomic E-state index is 11.8. The van der Waals surface area contributed by atoms with Gasteiger partial charge in [0.1, 0.15) is 0 Å². The number of halogens is 1. The number of urea groups is 1. The van der Waals surface area contributed by atoms with Gasteiger partial charge in [-0.05, 0) is 23.8 Å². The maximum atomic E-state index is 11.8. The van der Waals surface area contributed by atoms with Crippen molar-refractivity contribution in [1.29, 1.82) is 0 Å². The Balaban J connectivity index is 1.63. The summed E-state index contributed by atoms with van der Waals surface area (Å²) in [4.78, 5) is 26.3. The lowest BCUT2D eigenvalue weighted by molar-refractivity contribution is -0.384. The smallest absolute Gasteiger partial charge is 0.282 e. The second-order valence-electron chi connectivity index (χ2n) is 4.80. The van der Waals surface area contributed by atoms with Gasteiger partial charge in [0.05, 0.1) is 21.4 Å². The minimum absolute atomic E-state index is 0.0220. The summed E-state index contributed by atoms with van der Waals surface area (Å²) in [5, 5.41) is 17.5. The minimum Gasteiger partial charge on any atom is -0.282 e. The number of aromatic nitrogens is 1. The van der Waals surface area contributed by atoms with Gasteiger partial charge in [-0.3, -0.25) is 15.4 Å². The zero-order chi connectivity index (χ0) is 17.8. The van der Waals surface area contributed by atoms with Gasteiger partial charge in [-0.1, -0.05) is 39.4 Å². The molecule has 0 radical (unpaired) electrons. The summed E-state index contributed by atoms with van der Waals surface area (Å²) in [6.07, 6.45) is 1.51. The van der Waals surface area contributed by atoms with Gasteiger partial charge in [-0.15, -0.1) is 0 Å². The highest BCUT2D eigenvalue weighted by atomic mass is 79.9. The number of thiazole rings is 1. The quantitative estimate of drug-likeness (QED) is 0.376.